The SMILES string of the molecule is CN(Cc1cccs1)C(=O)c1ccco1. The van der Waals surface area contributed by atoms with Crippen molar-refractivity contribution in [1.29, 1.82) is 0 Å². The van der Waals surface area contributed by atoms with Gasteiger partial charge in [0.1, 0.15) is 0 Å². The Hall–Kier alpha value is -1.55. The van der Waals surface area contributed by atoms with Gasteiger partial charge in [-0.1, -0.05) is 6.07 Å². The quantitative estimate of drug-likeness (QED) is 0.798. The van der Waals surface area contributed by atoms with Crippen molar-refractivity contribution in [3.8, 4) is 0 Å². The number of carbonyl (C=O) groups is 1. The van der Waals surface area contributed by atoms with Gasteiger partial charge in [-0.05, 0) is 23.6 Å². The summed E-state index contributed by atoms with van der Waals surface area (Å²) in [7, 11) is 1.77. The molecule has 3 nitrogen and oxygen atoms in total. The van der Waals surface area contributed by atoms with Gasteiger partial charge in [-0.15, -0.1) is 11.3 Å². The van der Waals surface area contributed by atoms with E-state index >= 15 is 0 Å². The number of hydrogen-bond donors (Lipinski definition) is 0. The van der Waals surface area contributed by atoms with Crippen LogP contribution in [0, 0.1) is 0 Å². The monoisotopic (exact) mass is 221 g/mol. The number of rotatable bonds is 3. The van der Waals surface area contributed by atoms with Gasteiger partial charge >= 0.3 is 0 Å². The van der Waals surface area contributed by atoms with E-state index in [-0.39, 0.29) is 5.91 Å². The van der Waals surface area contributed by atoms with Crippen molar-refractivity contribution in [2.75, 3.05) is 7.05 Å². The Morgan fingerprint density at radius 2 is 2.33 bits per heavy atom. The van der Waals surface area contributed by atoms with Gasteiger partial charge in [-0.2, -0.15) is 0 Å². The molecule has 0 atom stereocenters. The summed E-state index contributed by atoms with van der Waals surface area (Å²) in [6.45, 7) is 0.622. The first-order chi connectivity index (χ1) is 7.27. The third-order valence-electron chi connectivity index (χ3n) is 2.05. The zero-order valence-electron chi connectivity index (χ0n) is 8.34. The van der Waals surface area contributed by atoms with Gasteiger partial charge in [0, 0.05) is 11.9 Å². The molecule has 2 aromatic heterocycles. The minimum absolute atomic E-state index is 0.0894. The lowest BCUT2D eigenvalue weighted by Crippen LogP contribution is -2.25. The molecule has 0 aliphatic rings. The average Bonchev–Trinajstić information content (AvgIpc) is 2.88. The van der Waals surface area contributed by atoms with Crippen LogP contribution >= 0.6 is 11.3 Å². The lowest BCUT2D eigenvalue weighted by molar-refractivity contribution is 0.0755. The van der Waals surface area contributed by atoms with Crippen molar-refractivity contribution < 1.29 is 9.21 Å². The smallest absolute Gasteiger partial charge is 0.289 e. The molecular formula is C11H11NO2S. The molecule has 15 heavy (non-hydrogen) atoms. The highest BCUT2D eigenvalue weighted by atomic mass is 32.1. The van der Waals surface area contributed by atoms with E-state index in [0.29, 0.717) is 12.3 Å². The van der Waals surface area contributed by atoms with E-state index in [1.165, 1.54) is 6.26 Å². The molecule has 0 radical (unpaired) electrons. The Balaban J connectivity index is 2.03. The predicted molar refractivity (Wildman–Crippen MR) is 58.8 cm³/mol. The first-order valence-electron chi connectivity index (χ1n) is 4.59. The van der Waals surface area contributed by atoms with E-state index in [2.05, 4.69) is 0 Å². The fourth-order valence-corrected chi connectivity index (χ4v) is 2.05. The number of nitrogens with zero attached hydrogens (tertiary/aromatic N) is 1. The summed E-state index contributed by atoms with van der Waals surface area (Å²) < 4.78 is 5.05. The number of hydrogen-bond acceptors (Lipinski definition) is 3. The minimum Gasteiger partial charge on any atom is -0.459 e. The van der Waals surface area contributed by atoms with E-state index in [0.717, 1.165) is 4.88 Å². The largest absolute Gasteiger partial charge is 0.459 e. The molecule has 0 saturated carbocycles. The Bertz CT molecular complexity index is 419. The van der Waals surface area contributed by atoms with Gasteiger partial charge < -0.3 is 9.32 Å². The number of thiophene rings is 1. The normalized spacial score (nSPS) is 10.2. The van der Waals surface area contributed by atoms with Gasteiger partial charge in [-0.25, -0.2) is 0 Å². The molecule has 2 rings (SSSR count). The molecule has 0 saturated heterocycles. The maximum absolute atomic E-state index is 11.8. The molecule has 0 aromatic carbocycles. The molecule has 4 heteroatoms. The average molecular weight is 221 g/mol. The van der Waals surface area contributed by atoms with Gasteiger partial charge in [0.2, 0.25) is 0 Å². The lowest BCUT2D eigenvalue weighted by atomic mass is 10.3. The zero-order valence-corrected chi connectivity index (χ0v) is 9.16. The van der Waals surface area contributed by atoms with E-state index < -0.39 is 0 Å². The fourth-order valence-electron chi connectivity index (χ4n) is 1.30. The van der Waals surface area contributed by atoms with Crippen LogP contribution < -0.4 is 0 Å². The first-order valence-corrected chi connectivity index (χ1v) is 5.46. The van der Waals surface area contributed by atoms with Crippen LogP contribution in [0.1, 0.15) is 15.4 Å². The second kappa shape index (κ2) is 4.31. The van der Waals surface area contributed by atoms with E-state index in [1.807, 2.05) is 17.5 Å². The molecule has 1 amide bonds. The molecule has 0 unspecified atom stereocenters. The minimum atomic E-state index is -0.0894. The summed E-state index contributed by atoms with van der Waals surface area (Å²) in [5, 5.41) is 2.00. The van der Waals surface area contributed by atoms with Gasteiger partial charge in [-0.3, -0.25) is 4.79 Å². The lowest BCUT2D eigenvalue weighted by Gasteiger charge is -2.14. The second-order valence-electron chi connectivity index (χ2n) is 3.22. The maximum Gasteiger partial charge on any atom is 0.289 e. The summed E-state index contributed by atoms with van der Waals surface area (Å²) in [5.41, 5.74) is 0. The molecule has 2 aromatic rings. The van der Waals surface area contributed by atoms with Crippen LogP contribution in [0.2, 0.25) is 0 Å². The van der Waals surface area contributed by atoms with Crippen molar-refractivity contribution in [1.82, 2.24) is 4.90 Å². The maximum atomic E-state index is 11.8. The van der Waals surface area contributed by atoms with Crippen LogP contribution in [0.4, 0.5) is 0 Å². The van der Waals surface area contributed by atoms with Crippen molar-refractivity contribution in [2.24, 2.45) is 0 Å². The topological polar surface area (TPSA) is 33.5 Å². The molecule has 0 N–H and O–H groups in total. The second-order valence-corrected chi connectivity index (χ2v) is 4.25. The predicted octanol–water partition coefficient (Wildman–Crippen LogP) is 2.61. The third kappa shape index (κ3) is 2.27. The van der Waals surface area contributed by atoms with Gasteiger partial charge in [0.25, 0.3) is 5.91 Å². The van der Waals surface area contributed by atoms with Crippen molar-refractivity contribution in [3.05, 3.63) is 46.5 Å². The van der Waals surface area contributed by atoms with Crippen LogP contribution in [0.15, 0.2) is 40.3 Å². The van der Waals surface area contributed by atoms with Crippen LogP contribution in [0.25, 0.3) is 0 Å². The van der Waals surface area contributed by atoms with Crippen LogP contribution in [0.3, 0.4) is 0 Å². The Morgan fingerprint density at radius 1 is 1.47 bits per heavy atom. The molecule has 78 valence electrons. The highest BCUT2D eigenvalue weighted by Gasteiger charge is 2.14. The van der Waals surface area contributed by atoms with Gasteiger partial charge in [0.05, 0.1) is 12.8 Å². The standard InChI is InChI=1S/C11H11NO2S/c1-12(8-9-4-3-7-15-9)11(13)10-5-2-6-14-10/h2-7H,8H2,1H3. The van der Waals surface area contributed by atoms with Crippen LogP contribution in [0.5, 0.6) is 0 Å². The zero-order chi connectivity index (χ0) is 10.7. The van der Waals surface area contributed by atoms with Crippen molar-refractivity contribution in [2.45, 2.75) is 6.54 Å². The Kier molecular flexibility index (Phi) is 2.87. The molecule has 0 aliphatic carbocycles. The summed E-state index contributed by atoms with van der Waals surface area (Å²) in [6, 6.07) is 7.38. The highest BCUT2D eigenvalue weighted by molar-refractivity contribution is 7.09. The molecule has 0 spiro atoms. The van der Waals surface area contributed by atoms with E-state index in [1.54, 1.807) is 35.4 Å². The summed E-state index contributed by atoms with van der Waals surface area (Å²) in [6.07, 6.45) is 1.51. The van der Waals surface area contributed by atoms with E-state index in [9.17, 15) is 4.79 Å². The number of furan rings is 1. The number of carbonyl (C=O) groups excluding carboxylic acids is 1. The summed E-state index contributed by atoms with van der Waals surface area (Å²) in [5.74, 6) is 0.294. The molecule has 0 aliphatic heterocycles. The summed E-state index contributed by atoms with van der Waals surface area (Å²) >= 11 is 1.64. The van der Waals surface area contributed by atoms with Crippen LogP contribution in [-0.2, 0) is 6.54 Å². The first kappa shape index (κ1) is 9.98. The van der Waals surface area contributed by atoms with Gasteiger partial charge in [0.15, 0.2) is 5.76 Å². The Labute approximate surface area is 91.9 Å². The third-order valence-corrected chi connectivity index (χ3v) is 2.91. The highest BCUT2D eigenvalue weighted by Crippen LogP contribution is 2.13. The van der Waals surface area contributed by atoms with Crippen LogP contribution in [-0.4, -0.2) is 17.9 Å². The summed E-state index contributed by atoms with van der Waals surface area (Å²) in [4.78, 5) is 14.6. The molecular weight excluding hydrogens is 210 g/mol. The number of amides is 1. The van der Waals surface area contributed by atoms with Crippen molar-refractivity contribution in [3.63, 3.8) is 0 Å². The van der Waals surface area contributed by atoms with Crippen molar-refractivity contribution >= 4 is 17.2 Å². The molecule has 2 heterocycles. The van der Waals surface area contributed by atoms with E-state index in [4.69, 9.17) is 4.42 Å². The molecule has 0 fully saturated rings. The molecule has 0 bridgehead atoms. The fraction of sp³-hybridized carbons (Fsp3) is 0.182. The Morgan fingerprint density at radius 3 is 2.93 bits per heavy atom.